The lowest BCUT2D eigenvalue weighted by Crippen LogP contribution is -2.28. The summed E-state index contributed by atoms with van der Waals surface area (Å²) in [6.07, 6.45) is 5.60. The van der Waals surface area contributed by atoms with E-state index in [4.69, 9.17) is 0 Å². The zero-order valence-corrected chi connectivity index (χ0v) is 16.5. The molecule has 1 amide bonds. The molecule has 0 atom stereocenters. The van der Waals surface area contributed by atoms with Crippen molar-refractivity contribution in [3.05, 3.63) is 64.3 Å². The molecule has 3 aromatic heterocycles. The van der Waals surface area contributed by atoms with Gasteiger partial charge in [0.05, 0.1) is 0 Å². The fraction of sp³-hybridized carbons (Fsp3) is 0.167. The van der Waals surface area contributed by atoms with Crippen LogP contribution in [0.3, 0.4) is 0 Å². The van der Waals surface area contributed by atoms with Gasteiger partial charge in [0, 0.05) is 28.9 Å². The van der Waals surface area contributed by atoms with Crippen LogP contribution in [0.25, 0.3) is 5.65 Å². The minimum Gasteiger partial charge on any atom is -0.300 e. The SMILES string of the molecule is CCc1ccccc1Sc1nccn2c(=O)n(CC(=O)Nc3nccs3)nc12. The number of carbonyl (C=O) groups excluding carboxylic acids is 1. The molecule has 0 aliphatic carbocycles. The Labute approximate surface area is 168 Å². The number of nitrogens with one attached hydrogen (secondary N) is 1. The van der Waals surface area contributed by atoms with E-state index in [1.807, 2.05) is 18.2 Å². The molecule has 1 aromatic carbocycles. The number of hydrogen-bond donors (Lipinski definition) is 1. The van der Waals surface area contributed by atoms with Gasteiger partial charge in [-0.15, -0.1) is 16.4 Å². The van der Waals surface area contributed by atoms with Gasteiger partial charge >= 0.3 is 5.69 Å². The fourth-order valence-electron chi connectivity index (χ4n) is 2.68. The van der Waals surface area contributed by atoms with E-state index < -0.39 is 5.69 Å². The van der Waals surface area contributed by atoms with E-state index in [9.17, 15) is 9.59 Å². The van der Waals surface area contributed by atoms with Crippen LogP contribution in [-0.2, 0) is 17.8 Å². The van der Waals surface area contributed by atoms with Crippen molar-refractivity contribution in [3.63, 3.8) is 0 Å². The summed E-state index contributed by atoms with van der Waals surface area (Å²) in [6, 6.07) is 8.05. The molecule has 142 valence electrons. The number of amides is 1. The van der Waals surface area contributed by atoms with Gasteiger partial charge in [-0.3, -0.25) is 4.79 Å². The summed E-state index contributed by atoms with van der Waals surface area (Å²) in [6.45, 7) is 1.89. The molecule has 28 heavy (non-hydrogen) atoms. The van der Waals surface area contributed by atoms with Crippen LogP contribution in [-0.4, -0.2) is 30.1 Å². The van der Waals surface area contributed by atoms with E-state index in [-0.39, 0.29) is 12.5 Å². The highest BCUT2D eigenvalue weighted by Crippen LogP contribution is 2.30. The standard InChI is InChI=1S/C18H16N6O2S2/c1-2-12-5-3-4-6-13(12)28-16-15-22-24(18(26)23(15)9-7-19-16)11-14(25)21-17-20-8-10-27-17/h3-10H,2,11H2,1H3,(H,20,21,25). The number of aryl methyl sites for hydroxylation is 1. The zero-order valence-electron chi connectivity index (χ0n) is 14.9. The number of carbonyl (C=O) groups is 1. The first-order valence-corrected chi connectivity index (χ1v) is 10.2. The smallest absolute Gasteiger partial charge is 0.300 e. The monoisotopic (exact) mass is 412 g/mol. The average molecular weight is 413 g/mol. The van der Waals surface area contributed by atoms with E-state index in [0.717, 1.165) is 16.0 Å². The van der Waals surface area contributed by atoms with Crippen LogP contribution >= 0.6 is 23.1 Å². The Kier molecular flexibility index (Phi) is 5.22. The third kappa shape index (κ3) is 3.69. The van der Waals surface area contributed by atoms with Crippen molar-refractivity contribution < 1.29 is 4.79 Å². The van der Waals surface area contributed by atoms with Gasteiger partial charge in [0.1, 0.15) is 11.6 Å². The molecule has 10 heteroatoms. The highest BCUT2D eigenvalue weighted by atomic mass is 32.2. The Hall–Kier alpha value is -2.98. The molecule has 0 radical (unpaired) electrons. The largest absolute Gasteiger partial charge is 0.350 e. The Balaban J connectivity index is 1.64. The predicted octanol–water partition coefficient (Wildman–Crippen LogP) is 2.70. The predicted molar refractivity (Wildman–Crippen MR) is 108 cm³/mol. The summed E-state index contributed by atoms with van der Waals surface area (Å²) in [7, 11) is 0. The number of anilines is 1. The van der Waals surface area contributed by atoms with E-state index in [1.165, 1.54) is 33.1 Å². The molecule has 0 spiro atoms. The molecule has 0 bridgehead atoms. The molecule has 4 rings (SSSR count). The lowest BCUT2D eigenvalue weighted by atomic mass is 10.2. The first-order valence-electron chi connectivity index (χ1n) is 8.55. The van der Waals surface area contributed by atoms with E-state index in [1.54, 1.807) is 24.0 Å². The molecule has 0 saturated heterocycles. The lowest BCUT2D eigenvalue weighted by molar-refractivity contribution is -0.117. The minimum atomic E-state index is -0.391. The van der Waals surface area contributed by atoms with Crippen molar-refractivity contribution in [3.8, 4) is 0 Å². The van der Waals surface area contributed by atoms with Crippen molar-refractivity contribution in [2.75, 3.05) is 5.32 Å². The maximum Gasteiger partial charge on any atom is 0.350 e. The van der Waals surface area contributed by atoms with Gasteiger partial charge in [-0.05, 0) is 18.1 Å². The van der Waals surface area contributed by atoms with Crippen LogP contribution in [0.2, 0.25) is 0 Å². The summed E-state index contributed by atoms with van der Waals surface area (Å²) in [5.74, 6) is -0.362. The number of nitrogens with zero attached hydrogens (tertiary/aromatic N) is 5. The maximum absolute atomic E-state index is 12.6. The fourth-order valence-corrected chi connectivity index (χ4v) is 4.27. The highest BCUT2D eigenvalue weighted by Gasteiger charge is 2.16. The third-order valence-electron chi connectivity index (χ3n) is 4.00. The molecule has 0 aliphatic rings. The Morgan fingerprint density at radius 3 is 2.89 bits per heavy atom. The Morgan fingerprint density at radius 2 is 2.11 bits per heavy atom. The van der Waals surface area contributed by atoms with Gasteiger partial charge in [0.15, 0.2) is 10.8 Å². The summed E-state index contributed by atoms with van der Waals surface area (Å²) in [5.41, 5.74) is 1.23. The maximum atomic E-state index is 12.6. The van der Waals surface area contributed by atoms with Crippen LogP contribution in [0.4, 0.5) is 5.13 Å². The van der Waals surface area contributed by atoms with Crippen molar-refractivity contribution in [2.24, 2.45) is 0 Å². The van der Waals surface area contributed by atoms with Crippen molar-refractivity contribution in [2.45, 2.75) is 29.8 Å². The first-order chi connectivity index (χ1) is 13.7. The average Bonchev–Trinajstić information content (AvgIpc) is 3.31. The molecule has 3 heterocycles. The van der Waals surface area contributed by atoms with Crippen LogP contribution in [0.5, 0.6) is 0 Å². The van der Waals surface area contributed by atoms with Crippen LogP contribution in [0, 0.1) is 0 Å². The Morgan fingerprint density at radius 1 is 1.25 bits per heavy atom. The summed E-state index contributed by atoms with van der Waals surface area (Å²) >= 11 is 2.77. The second-order valence-electron chi connectivity index (χ2n) is 5.81. The van der Waals surface area contributed by atoms with Gasteiger partial charge in [-0.1, -0.05) is 36.9 Å². The topological polar surface area (TPSA) is 94.2 Å². The number of benzene rings is 1. The molecule has 1 N–H and O–H groups in total. The molecule has 0 unspecified atom stereocenters. The molecular formula is C18H16N6O2S2. The quantitative estimate of drug-likeness (QED) is 0.523. The number of rotatable bonds is 6. The zero-order chi connectivity index (χ0) is 19.5. The summed E-state index contributed by atoms with van der Waals surface area (Å²) < 4.78 is 2.54. The minimum absolute atomic E-state index is 0.199. The van der Waals surface area contributed by atoms with Gasteiger partial charge in [0.25, 0.3) is 0 Å². The molecule has 0 aliphatic heterocycles. The lowest BCUT2D eigenvalue weighted by Gasteiger charge is -2.06. The number of aromatic nitrogens is 5. The summed E-state index contributed by atoms with van der Waals surface area (Å²) in [4.78, 5) is 34.3. The van der Waals surface area contributed by atoms with Crippen molar-refractivity contribution in [1.29, 1.82) is 0 Å². The Bertz CT molecular complexity index is 1180. The van der Waals surface area contributed by atoms with Gasteiger partial charge in [-0.25, -0.2) is 23.8 Å². The van der Waals surface area contributed by atoms with E-state index >= 15 is 0 Å². The van der Waals surface area contributed by atoms with Gasteiger partial charge < -0.3 is 5.32 Å². The number of hydrogen-bond acceptors (Lipinski definition) is 7. The number of fused-ring (bicyclic) bond motifs is 1. The van der Waals surface area contributed by atoms with Crippen LogP contribution in [0.1, 0.15) is 12.5 Å². The molecule has 0 fully saturated rings. The second kappa shape index (κ2) is 7.95. The van der Waals surface area contributed by atoms with Crippen molar-refractivity contribution in [1.82, 2.24) is 24.1 Å². The molecule has 8 nitrogen and oxygen atoms in total. The first kappa shape index (κ1) is 18.4. The third-order valence-corrected chi connectivity index (χ3v) is 5.79. The molecule has 4 aromatic rings. The van der Waals surface area contributed by atoms with Gasteiger partial charge in [0.2, 0.25) is 5.91 Å². The van der Waals surface area contributed by atoms with Crippen LogP contribution < -0.4 is 11.0 Å². The summed E-state index contributed by atoms with van der Waals surface area (Å²) in [5, 5.41) is 9.84. The van der Waals surface area contributed by atoms with E-state index in [0.29, 0.717) is 15.8 Å². The van der Waals surface area contributed by atoms with Crippen molar-refractivity contribution >= 4 is 39.8 Å². The number of thiazole rings is 1. The molecular weight excluding hydrogens is 396 g/mol. The van der Waals surface area contributed by atoms with Crippen LogP contribution in [0.15, 0.2) is 63.0 Å². The van der Waals surface area contributed by atoms with Gasteiger partial charge in [-0.2, -0.15) is 0 Å². The van der Waals surface area contributed by atoms with E-state index in [2.05, 4.69) is 33.4 Å². The highest BCUT2D eigenvalue weighted by molar-refractivity contribution is 7.99. The normalized spacial score (nSPS) is 11.0. The molecule has 0 saturated carbocycles. The second-order valence-corrected chi connectivity index (χ2v) is 7.74.